The third-order valence-electron chi connectivity index (χ3n) is 4.49. The number of methoxy groups -OCH3 is 2. The van der Waals surface area contributed by atoms with Gasteiger partial charge in [-0.15, -0.1) is 6.58 Å². The van der Waals surface area contributed by atoms with Crippen LogP contribution in [0.2, 0.25) is 0 Å². The first-order valence-corrected chi connectivity index (χ1v) is 9.31. The standard InChI is InChI=1S/C20H32N4O3/c1-5-6-17-13-16(14-18(25-3)19(17)26-4)15-23-20(21-2)22-7-8-24-9-11-27-12-10-24/h5,13-14H,1,6-12,15H2,2-4H3,(H2,21,22,23). The molecule has 0 saturated carbocycles. The van der Waals surface area contributed by atoms with Crippen molar-refractivity contribution in [1.82, 2.24) is 15.5 Å². The van der Waals surface area contributed by atoms with Gasteiger partial charge in [0.05, 0.1) is 27.4 Å². The van der Waals surface area contributed by atoms with E-state index in [0.717, 1.165) is 74.4 Å². The monoisotopic (exact) mass is 376 g/mol. The van der Waals surface area contributed by atoms with Crippen LogP contribution in [0.1, 0.15) is 11.1 Å². The number of allylic oxidation sites excluding steroid dienone is 1. The molecule has 1 aromatic rings. The maximum atomic E-state index is 5.49. The third kappa shape index (κ3) is 6.45. The van der Waals surface area contributed by atoms with Gasteiger partial charge in [0.25, 0.3) is 0 Å². The molecule has 1 saturated heterocycles. The molecule has 0 spiro atoms. The van der Waals surface area contributed by atoms with Gasteiger partial charge in [0, 0.05) is 45.3 Å². The van der Waals surface area contributed by atoms with Crippen LogP contribution in [0.25, 0.3) is 0 Å². The van der Waals surface area contributed by atoms with E-state index in [1.165, 1.54) is 0 Å². The third-order valence-corrected chi connectivity index (χ3v) is 4.49. The van der Waals surface area contributed by atoms with Crippen molar-refractivity contribution in [2.24, 2.45) is 4.99 Å². The highest BCUT2D eigenvalue weighted by Gasteiger charge is 2.12. The summed E-state index contributed by atoms with van der Waals surface area (Å²) in [5.41, 5.74) is 2.15. The fourth-order valence-corrected chi connectivity index (χ4v) is 3.08. The SMILES string of the molecule is C=CCc1cc(CNC(=NC)NCCN2CCOCC2)cc(OC)c1OC. The minimum atomic E-state index is 0.641. The number of rotatable bonds is 9. The Morgan fingerprint density at radius 3 is 2.67 bits per heavy atom. The molecular weight excluding hydrogens is 344 g/mol. The van der Waals surface area contributed by atoms with Crippen molar-refractivity contribution in [3.8, 4) is 11.5 Å². The van der Waals surface area contributed by atoms with Crippen LogP contribution in [0.5, 0.6) is 11.5 Å². The lowest BCUT2D eigenvalue weighted by Gasteiger charge is -2.26. The zero-order valence-electron chi connectivity index (χ0n) is 16.7. The van der Waals surface area contributed by atoms with Crippen LogP contribution in [0.3, 0.4) is 0 Å². The second-order valence-electron chi connectivity index (χ2n) is 6.29. The van der Waals surface area contributed by atoms with Gasteiger partial charge in [0.2, 0.25) is 0 Å². The van der Waals surface area contributed by atoms with Crippen LogP contribution in [-0.4, -0.2) is 71.5 Å². The highest BCUT2D eigenvalue weighted by atomic mass is 16.5. The van der Waals surface area contributed by atoms with Crippen LogP contribution >= 0.6 is 0 Å². The van der Waals surface area contributed by atoms with E-state index >= 15 is 0 Å². The second-order valence-corrected chi connectivity index (χ2v) is 6.29. The Bertz CT molecular complexity index is 628. The van der Waals surface area contributed by atoms with Crippen LogP contribution < -0.4 is 20.1 Å². The molecule has 27 heavy (non-hydrogen) atoms. The molecule has 0 amide bonds. The summed E-state index contributed by atoms with van der Waals surface area (Å²) in [5.74, 6) is 2.27. The lowest BCUT2D eigenvalue weighted by molar-refractivity contribution is 0.0389. The quantitative estimate of drug-likeness (QED) is 0.386. The lowest BCUT2D eigenvalue weighted by atomic mass is 10.1. The summed E-state index contributed by atoms with van der Waals surface area (Å²) in [6.07, 6.45) is 2.58. The van der Waals surface area contributed by atoms with Crippen LogP contribution in [-0.2, 0) is 17.7 Å². The van der Waals surface area contributed by atoms with Crippen LogP contribution in [0.15, 0.2) is 29.8 Å². The van der Waals surface area contributed by atoms with Gasteiger partial charge in [-0.25, -0.2) is 0 Å². The van der Waals surface area contributed by atoms with Crippen molar-refractivity contribution < 1.29 is 14.2 Å². The van der Waals surface area contributed by atoms with Gasteiger partial charge in [-0.2, -0.15) is 0 Å². The Labute approximate surface area is 162 Å². The van der Waals surface area contributed by atoms with E-state index in [1.807, 2.05) is 12.1 Å². The molecule has 1 fully saturated rings. The number of aliphatic imine (C=N–C) groups is 1. The molecule has 1 aromatic carbocycles. The van der Waals surface area contributed by atoms with E-state index in [9.17, 15) is 0 Å². The fraction of sp³-hybridized carbons (Fsp3) is 0.550. The average molecular weight is 377 g/mol. The van der Waals surface area contributed by atoms with Gasteiger partial charge in [-0.3, -0.25) is 9.89 Å². The van der Waals surface area contributed by atoms with E-state index < -0.39 is 0 Å². The molecule has 150 valence electrons. The first kappa shape index (κ1) is 21.1. The smallest absolute Gasteiger partial charge is 0.191 e. The number of nitrogens with zero attached hydrogens (tertiary/aromatic N) is 2. The van der Waals surface area contributed by atoms with Crippen LogP contribution in [0.4, 0.5) is 0 Å². The summed E-state index contributed by atoms with van der Waals surface area (Å²) in [6, 6.07) is 4.09. The van der Waals surface area contributed by atoms with E-state index in [-0.39, 0.29) is 0 Å². The van der Waals surface area contributed by atoms with Gasteiger partial charge in [0.1, 0.15) is 0 Å². The molecule has 0 aliphatic carbocycles. The number of benzene rings is 1. The van der Waals surface area contributed by atoms with Crippen molar-refractivity contribution in [3.05, 3.63) is 35.9 Å². The lowest BCUT2D eigenvalue weighted by Crippen LogP contribution is -2.44. The maximum absolute atomic E-state index is 5.49. The van der Waals surface area contributed by atoms with E-state index in [0.29, 0.717) is 6.54 Å². The molecule has 7 heteroatoms. The molecule has 0 aromatic heterocycles. The topological polar surface area (TPSA) is 67.4 Å². The number of hydrogen-bond donors (Lipinski definition) is 2. The van der Waals surface area contributed by atoms with Crippen LogP contribution in [0, 0.1) is 0 Å². The molecule has 1 aliphatic heterocycles. The normalized spacial score (nSPS) is 15.3. The van der Waals surface area contributed by atoms with Crippen molar-refractivity contribution >= 4 is 5.96 Å². The fourth-order valence-electron chi connectivity index (χ4n) is 3.08. The summed E-state index contributed by atoms with van der Waals surface area (Å²) in [6.45, 7) is 9.90. The summed E-state index contributed by atoms with van der Waals surface area (Å²) in [4.78, 5) is 6.69. The maximum Gasteiger partial charge on any atom is 0.191 e. The number of hydrogen-bond acceptors (Lipinski definition) is 5. The number of guanidine groups is 1. The van der Waals surface area contributed by atoms with Gasteiger partial charge < -0.3 is 24.8 Å². The predicted molar refractivity (Wildman–Crippen MR) is 109 cm³/mol. The zero-order valence-corrected chi connectivity index (χ0v) is 16.7. The number of morpholine rings is 1. The molecule has 1 aliphatic rings. The molecule has 0 atom stereocenters. The minimum absolute atomic E-state index is 0.641. The summed E-state index contributed by atoms with van der Waals surface area (Å²) in [7, 11) is 5.09. The van der Waals surface area contributed by atoms with E-state index in [1.54, 1.807) is 21.3 Å². The number of nitrogens with one attached hydrogen (secondary N) is 2. The molecule has 1 heterocycles. The van der Waals surface area contributed by atoms with Crippen molar-refractivity contribution in [3.63, 3.8) is 0 Å². The Hall–Kier alpha value is -2.25. The molecule has 2 N–H and O–H groups in total. The molecule has 2 rings (SSSR count). The van der Waals surface area contributed by atoms with Gasteiger partial charge in [0.15, 0.2) is 17.5 Å². The second kappa shape index (κ2) is 11.5. The first-order chi connectivity index (χ1) is 13.2. The van der Waals surface area contributed by atoms with Gasteiger partial charge in [-0.05, 0) is 24.1 Å². The predicted octanol–water partition coefficient (Wildman–Crippen LogP) is 1.43. The molecule has 0 bridgehead atoms. The highest BCUT2D eigenvalue weighted by Crippen LogP contribution is 2.33. The summed E-state index contributed by atoms with van der Waals surface area (Å²) in [5, 5.41) is 6.72. The Balaban J connectivity index is 1.90. The van der Waals surface area contributed by atoms with Gasteiger partial charge >= 0.3 is 0 Å². The number of ether oxygens (including phenoxy) is 3. The highest BCUT2D eigenvalue weighted by molar-refractivity contribution is 5.79. The summed E-state index contributed by atoms with van der Waals surface area (Å²) >= 11 is 0. The average Bonchev–Trinajstić information content (AvgIpc) is 2.71. The molecular formula is C20H32N4O3. The Kier molecular flexibility index (Phi) is 8.94. The van der Waals surface area contributed by atoms with Gasteiger partial charge in [-0.1, -0.05) is 6.08 Å². The molecule has 0 unspecified atom stereocenters. The largest absolute Gasteiger partial charge is 0.493 e. The van der Waals surface area contributed by atoms with E-state index in [2.05, 4.69) is 33.2 Å². The first-order valence-electron chi connectivity index (χ1n) is 9.31. The zero-order chi connectivity index (χ0) is 19.5. The Morgan fingerprint density at radius 1 is 1.26 bits per heavy atom. The van der Waals surface area contributed by atoms with Crippen molar-refractivity contribution in [2.45, 2.75) is 13.0 Å². The Morgan fingerprint density at radius 2 is 2.04 bits per heavy atom. The van der Waals surface area contributed by atoms with Crippen molar-refractivity contribution in [1.29, 1.82) is 0 Å². The molecule has 0 radical (unpaired) electrons. The molecule has 7 nitrogen and oxygen atoms in total. The minimum Gasteiger partial charge on any atom is -0.493 e. The van der Waals surface area contributed by atoms with E-state index in [4.69, 9.17) is 14.2 Å². The summed E-state index contributed by atoms with van der Waals surface area (Å²) < 4.78 is 16.3. The van der Waals surface area contributed by atoms with Crippen molar-refractivity contribution in [2.75, 3.05) is 60.7 Å².